The molecule has 3 heterocycles. The number of nitrogens with one attached hydrogen (secondary N) is 1. The van der Waals surface area contributed by atoms with Crippen molar-refractivity contribution in [2.75, 3.05) is 43.4 Å². The number of hydrogen-bond donors (Lipinski definition) is 1. The Labute approximate surface area is 184 Å². The first-order valence-corrected chi connectivity index (χ1v) is 10.3. The summed E-state index contributed by atoms with van der Waals surface area (Å²) < 4.78 is 41.0. The fourth-order valence-electron chi connectivity index (χ4n) is 3.75. The zero-order valence-corrected chi connectivity index (χ0v) is 17.9. The average molecular weight is 446 g/mol. The number of ether oxygens (including phenoxy) is 1. The highest BCUT2D eigenvalue weighted by Crippen LogP contribution is 2.28. The largest absolute Gasteiger partial charge is 0.573 e. The molecule has 1 aromatic carbocycles. The van der Waals surface area contributed by atoms with Crippen LogP contribution in [0.2, 0.25) is 0 Å². The number of benzene rings is 1. The fourth-order valence-corrected chi connectivity index (χ4v) is 3.75. The first kappa shape index (κ1) is 22.1. The summed E-state index contributed by atoms with van der Waals surface area (Å²) in [5, 5.41) is 3.28. The molecule has 1 atom stereocenters. The fraction of sp³-hybridized carbons (Fsp3) is 0.409. The van der Waals surface area contributed by atoms with Gasteiger partial charge in [0, 0.05) is 50.0 Å². The molecule has 0 spiro atoms. The van der Waals surface area contributed by atoms with Gasteiger partial charge in [0.05, 0.1) is 5.71 Å². The lowest BCUT2D eigenvalue weighted by molar-refractivity contribution is -0.274. The maximum absolute atomic E-state index is 12.4. The topological polar surface area (TPSA) is 65.3 Å². The third-order valence-corrected chi connectivity index (χ3v) is 5.48. The van der Waals surface area contributed by atoms with E-state index in [-0.39, 0.29) is 5.75 Å². The van der Waals surface area contributed by atoms with Gasteiger partial charge in [-0.1, -0.05) is 0 Å². The van der Waals surface area contributed by atoms with E-state index < -0.39 is 12.0 Å². The molecule has 0 saturated carbocycles. The van der Waals surface area contributed by atoms with Gasteiger partial charge in [0.2, 0.25) is 0 Å². The third kappa shape index (κ3) is 5.56. The summed E-state index contributed by atoms with van der Waals surface area (Å²) >= 11 is 0. The lowest BCUT2D eigenvalue weighted by atomic mass is 9.98. The van der Waals surface area contributed by atoms with Crippen molar-refractivity contribution in [1.29, 1.82) is 0 Å². The predicted octanol–water partition coefficient (Wildman–Crippen LogP) is 3.78. The van der Waals surface area contributed by atoms with E-state index >= 15 is 0 Å². The normalized spacial score (nSPS) is 21.9. The number of hydrogen-bond acceptors (Lipinski definition) is 7. The monoisotopic (exact) mass is 446 g/mol. The Kier molecular flexibility index (Phi) is 6.05. The van der Waals surface area contributed by atoms with Gasteiger partial charge in [-0.15, -0.1) is 13.2 Å². The highest BCUT2D eigenvalue weighted by atomic mass is 19.4. The van der Waals surface area contributed by atoms with Crippen LogP contribution in [0.1, 0.15) is 18.9 Å². The number of halogens is 3. The lowest BCUT2D eigenvalue weighted by Gasteiger charge is -2.33. The first-order valence-electron chi connectivity index (χ1n) is 10.3. The number of rotatable bonds is 5. The summed E-state index contributed by atoms with van der Waals surface area (Å²) in [6.07, 6.45) is -0.895. The minimum atomic E-state index is -4.71. The van der Waals surface area contributed by atoms with E-state index in [0.717, 1.165) is 43.3 Å². The minimum absolute atomic E-state index is 0.268. The Morgan fingerprint density at radius 3 is 2.47 bits per heavy atom. The summed E-state index contributed by atoms with van der Waals surface area (Å²) in [6, 6.07) is 9.59. The number of aliphatic imine (C=N–C) groups is 2. The van der Waals surface area contributed by atoms with Crippen LogP contribution in [0, 0.1) is 0 Å². The molecule has 4 rings (SSSR count). The van der Waals surface area contributed by atoms with Gasteiger partial charge in [0.25, 0.3) is 0 Å². The van der Waals surface area contributed by atoms with Gasteiger partial charge in [-0.3, -0.25) is 0 Å². The zero-order valence-electron chi connectivity index (χ0n) is 17.9. The van der Waals surface area contributed by atoms with Gasteiger partial charge in [-0.05, 0) is 50.4 Å². The van der Waals surface area contributed by atoms with Crippen LogP contribution < -0.4 is 15.0 Å². The zero-order chi connectivity index (χ0) is 22.8. The molecule has 0 aliphatic carbocycles. The number of alkyl halides is 3. The second-order valence-electron chi connectivity index (χ2n) is 8.16. The Bertz CT molecular complexity index is 999. The Balaban J connectivity index is 1.44. The van der Waals surface area contributed by atoms with Crippen molar-refractivity contribution in [3.63, 3.8) is 0 Å². The van der Waals surface area contributed by atoms with Crippen LogP contribution in [0.15, 0.2) is 52.6 Å². The van der Waals surface area contributed by atoms with Crippen LogP contribution in [0.4, 0.5) is 24.7 Å². The van der Waals surface area contributed by atoms with Crippen LogP contribution in [-0.4, -0.2) is 67.2 Å². The van der Waals surface area contributed by atoms with E-state index in [4.69, 9.17) is 0 Å². The molecule has 1 fully saturated rings. The molecule has 10 heteroatoms. The first-order chi connectivity index (χ1) is 15.2. The molecule has 7 nitrogen and oxygen atoms in total. The molecule has 32 heavy (non-hydrogen) atoms. The summed E-state index contributed by atoms with van der Waals surface area (Å²) in [4.78, 5) is 18.0. The molecule has 170 valence electrons. The molecular formula is C22H25F3N6O. The van der Waals surface area contributed by atoms with Crippen LogP contribution in [-0.2, 0) is 0 Å². The van der Waals surface area contributed by atoms with Gasteiger partial charge >= 0.3 is 6.36 Å². The van der Waals surface area contributed by atoms with Crippen molar-refractivity contribution in [3.05, 3.63) is 48.2 Å². The van der Waals surface area contributed by atoms with Crippen molar-refractivity contribution in [2.45, 2.75) is 25.4 Å². The highest BCUT2D eigenvalue weighted by molar-refractivity contribution is 6.06. The van der Waals surface area contributed by atoms with Crippen LogP contribution in [0.25, 0.3) is 0 Å². The number of piperazine rings is 1. The average Bonchev–Trinajstić information content (AvgIpc) is 2.75. The van der Waals surface area contributed by atoms with Crippen molar-refractivity contribution in [3.8, 4) is 5.75 Å². The van der Waals surface area contributed by atoms with Gasteiger partial charge in [0.1, 0.15) is 23.6 Å². The Morgan fingerprint density at radius 2 is 1.78 bits per heavy atom. The molecule has 1 saturated heterocycles. The maximum atomic E-state index is 12.4. The summed E-state index contributed by atoms with van der Waals surface area (Å²) in [5.41, 5.74) is 1.78. The van der Waals surface area contributed by atoms with Crippen molar-refractivity contribution >= 4 is 23.6 Å². The van der Waals surface area contributed by atoms with Crippen LogP contribution >= 0.6 is 0 Å². The molecular weight excluding hydrogens is 421 g/mol. The van der Waals surface area contributed by atoms with E-state index in [2.05, 4.69) is 41.9 Å². The van der Waals surface area contributed by atoms with Crippen molar-refractivity contribution in [1.82, 2.24) is 9.88 Å². The molecule has 0 bridgehead atoms. The van der Waals surface area contributed by atoms with Gasteiger partial charge in [-0.2, -0.15) is 0 Å². The molecule has 2 aliphatic heterocycles. The highest BCUT2D eigenvalue weighted by Gasteiger charge is 2.31. The van der Waals surface area contributed by atoms with Crippen molar-refractivity contribution in [2.24, 2.45) is 9.98 Å². The molecule has 2 aliphatic rings. The molecule has 1 unspecified atom stereocenters. The second-order valence-corrected chi connectivity index (χ2v) is 8.16. The molecule has 0 radical (unpaired) electrons. The number of anilines is 2. The van der Waals surface area contributed by atoms with Gasteiger partial charge in [-0.25, -0.2) is 15.0 Å². The maximum Gasteiger partial charge on any atom is 0.573 e. The minimum Gasteiger partial charge on any atom is -0.406 e. The molecule has 1 aromatic heterocycles. The number of nitrogens with zero attached hydrogens (tertiary/aromatic N) is 5. The van der Waals surface area contributed by atoms with Crippen LogP contribution in [0.3, 0.4) is 0 Å². The molecule has 1 N–H and O–H groups in total. The SMILES string of the molecule is CN1CCN(c2cc(C3=NC=NC(C)(Nc4ccc(OC(F)(F)F)cc4)C3)ccn2)CC1. The predicted molar refractivity (Wildman–Crippen MR) is 119 cm³/mol. The number of aromatic nitrogens is 1. The van der Waals surface area contributed by atoms with Gasteiger partial charge in [0.15, 0.2) is 0 Å². The van der Waals surface area contributed by atoms with Crippen LogP contribution in [0.5, 0.6) is 5.75 Å². The Morgan fingerprint density at radius 1 is 1.06 bits per heavy atom. The van der Waals surface area contributed by atoms with Gasteiger partial charge < -0.3 is 19.9 Å². The quantitative estimate of drug-likeness (QED) is 0.757. The van der Waals surface area contributed by atoms with E-state index in [1.54, 1.807) is 6.20 Å². The van der Waals surface area contributed by atoms with E-state index in [0.29, 0.717) is 12.1 Å². The lowest BCUT2D eigenvalue weighted by Crippen LogP contribution is -2.44. The van der Waals surface area contributed by atoms with E-state index in [1.165, 1.54) is 30.6 Å². The number of likely N-dealkylation sites (N-methyl/N-ethyl adjacent to an activating group) is 1. The standard InChI is InChI=1S/C22H25F3N6O/c1-21(29-17-3-5-18(6-4-17)32-22(23,24)25)14-19(27-15-28-21)16-7-8-26-20(13-16)31-11-9-30(2)10-12-31/h3-8,13,15,29H,9-12,14H2,1-2H3. The summed E-state index contributed by atoms with van der Waals surface area (Å²) in [6.45, 7) is 5.76. The smallest absolute Gasteiger partial charge is 0.406 e. The summed E-state index contributed by atoms with van der Waals surface area (Å²) in [5.74, 6) is 0.659. The Hall–Kier alpha value is -3.14. The van der Waals surface area contributed by atoms with E-state index in [1.807, 2.05) is 19.1 Å². The number of pyridine rings is 1. The second kappa shape index (κ2) is 8.78. The molecule has 2 aromatic rings. The molecule has 0 amide bonds. The summed E-state index contributed by atoms with van der Waals surface area (Å²) in [7, 11) is 2.11. The third-order valence-electron chi connectivity index (χ3n) is 5.48. The van der Waals surface area contributed by atoms with Crippen molar-refractivity contribution < 1.29 is 17.9 Å². The van der Waals surface area contributed by atoms with E-state index in [9.17, 15) is 13.2 Å².